The normalized spacial score (nSPS) is 22.7. The molecular weight excluding hydrogens is 366 g/mol. The summed E-state index contributed by atoms with van der Waals surface area (Å²) in [6, 6.07) is 4.06. The molecule has 0 amide bonds. The average Bonchev–Trinajstić information content (AvgIpc) is 3.35. The van der Waals surface area contributed by atoms with Gasteiger partial charge in [-0.15, -0.1) is 0 Å². The number of halogens is 2. The van der Waals surface area contributed by atoms with E-state index in [0.29, 0.717) is 31.6 Å². The Labute approximate surface area is 165 Å². The molecule has 0 radical (unpaired) electrons. The highest BCUT2D eigenvalue weighted by Gasteiger charge is 2.27. The number of rotatable bonds is 8. The minimum absolute atomic E-state index is 0.0551. The maximum absolute atomic E-state index is 14.0. The topological polar surface area (TPSA) is 58.1 Å². The number of anilines is 1. The Bertz CT molecular complexity index is 633. The lowest BCUT2D eigenvalue weighted by Crippen LogP contribution is -2.45. The minimum atomic E-state index is -0.521. The summed E-state index contributed by atoms with van der Waals surface area (Å²) in [5.74, 6) is 0.191. The number of nitrogens with zero attached hydrogens (tertiary/aromatic N) is 2. The van der Waals surface area contributed by atoms with Gasteiger partial charge in [0.1, 0.15) is 17.3 Å². The van der Waals surface area contributed by atoms with Gasteiger partial charge in [0.25, 0.3) is 0 Å². The van der Waals surface area contributed by atoms with Crippen molar-refractivity contribution in [1.29, 1.82) is 0 Å². The predicted octanol–water partition coefficient (Wildman–Crippen LogP) is 2.15. The van der Waals surface area contributed by atoms with Crippen molar-refractivity contribution in [2.24, 2.45) is 10.9 Å². The number of nitrogens with one attached hydrogen (secondary N) is 2. The van der Waals surface area contributed by atoms with Crippen LogP contribution in [0.2, 0.25) is 0 Å². The van der Waals surface area contributed by atoms with E-state index in [1.54, 1.807) is 11.9 Å². The van der Waals surface area contributed by atoms with E-state index in [0.717, 1.165) is 45.6 Å². The molecule has 1 aromatic carbocycles. The van der Waals surface area contributed by atoms with Crippen LogP contribution in [0.15, 0.2) is 23.2 Å². The largest absolute Gasteiger partial charge is 0.381 e. The number of ether oxygens (including phenoxy) is 2. The molecule has 6 nitrogen and oxygen atoms in total. The maximum Gasteiger partial charge on any atom is 0.191 e. The van der Waals surface area contributed by atoms with Crippen LogP contribution in [0.1, 0.15) is 19.3 Å². The van der Waals surface area contributed by atoms with Crippen LogP contribution in [-0.2, 0) is 9.47 Å². The van der Waals surface area contributed by atoms with Gasteiger partial charge in [0.05, 0.1) is 13.2 Å². The highest BCUT2D eigenvalue weighted by Crippen LogP contribution is 2.26. The molecule has 0 saturated carbocycles. The highest BCUT2D eigenvalue weighted by molar-refractivity contribution is 5.80. The lowest BCUT2D eigenvalue weighted by molar-refractivity contribution is 0.0888. The first-order chi connectivity index (χ1) is 13.7. The van der Waals surface area contributed by atoms with Gasteiger partial charge in [0.15, 0.2) is 5.96 Å². The van der Waals surface area contributed by atoms with Gasteiger partial charge in [-0.05, 0) is 31.4 Å². The van der Waals surface area contributed by atoms with Gasteiger partial charge >= 0.3 is 0 Å². The SMILES string of the molecule is CN=C(NCCCOCC1CCOC1)NC1CCN(c2c(F)cccc2F)C1. The fourth-order valence-corrected chi connectivity index (χ4v) is 3.61. The highest BCUT2D eigenvalue weighted by atomic mass is 19.1. The van der Waals surface area contributed by atoms with Crippen molar-refractivity contribution in [2.45, 2.75) is 25.3 Å². The first-order valence-electron chi connectivity index (χ1n) is 9.99. The van der Waals surface area contributed by atoms with E-state index < -0.39 is 11.6 Å². The Morgan fingerprint density at radius 3 is 2.86 bits per heavy atom. The molecule has 28 heavy (non-hydrogen) atoms. The quantitative estimate of drug-likeness (QED) is 0.401. The van der Waals surface area contributed by atoms with Gasteiger partial charge in [-0.2, -0.15) is 0 Å². The van der Waals surface area contributed by atoms with Crippen molar-refractivity contribution >= 4 is 11.6 Å². The van der Waals surface area contributed by atoms with E-state index >= 15 is 0 Å². The smallest absolute Gasteiger partial charge is 0.191 e. The second-order valence-electron chi connectivity index (χ2n) is 7.30. The lowest BCUT2D eigenvalue weighted by Gasteiger charge is -2.21. The number of para-hydroxylation sites is 1. The third-order valence-electron chi connectivity index (χ3n) is 5.14. The third-order valence-corrected chi connectivity index (χ3v) is 5.14. The van der Waals surface area contributed by atoms with Crippen LogP contribution >= 0.6 is 0 Å². The predicted molar refractivity (Wildman–Crippen MR) is 106 cm³/mol. The molecular formula is C20H30F2N4O2. The van der Waals surface area contributed by atoms with Crippen molar-refractivity contribution in [1.82, 2.24) is 10.6 Å². The lowest BCUT2D eigenvalue weighted by atomic mass is 10.1. The van der Waals surface area contributed by atoms with E-state index in [9.17, 15) is 8.78 Å². The van der Waals surface area contributed by atoms with E-state index in [2.05, 4.69) is 15.6 Å². The van der Waals surface area contributed by atoms with Crippen LogP contribution < -0.4 is 15.5 Å². The van der Waals surface area contributed by atoms with Crippen molar-refractivity contribution in [3.8, 4) is 0 Å². The summed E-state index contributed by atoms with van der Waals surface area (Å²) in [7, 11) is 1.72. The zero-order valence-corrected chi connectivity index (χ0v) is 16.4. The molecule has 2 heterocycles. The summed E-state index contributed by atoms with van der Waals surface area (Å²) in [4.78, 5) is 5.98. The maximum atomic E-state index is 14.0. The molecule has 0 aromatic heterocycles. The molecule has 8 heteroatoms. The summed E-state index contributed by atoms with van der Waals surface area (Å²) < 4.78 is 39.0. The molecule has 2 saturated heterocycles. The van der Waals surface area contributed by atoms with Crippen LogP contribution in [0.25, 0.3) is 0 Å². The summed E-state index contributed by atoms with van der Waals surface area (Å²) in [6.45, 7) is 5.00. The van der Waals surface area contributed by atoms with E-state index in [1.165, 1.54) is 18.2 Å². The van der Waals surface area contributed by atoms with Crippen LogP contribution in [0, 0.1) is 17.6 Å². The molecule has 2 aliphatic rings. The summed E-state index contributed by atoms with van der Waals surface area (Å²) in [5.41, 5.74) is 0.0551. The molecule has 1 aromatic rings. The van der Waals surface area contributed by atoms with Gasteiger partial charge in [0.2, 0.25) is 0 Å². The van der Waals surface area contributed by atoms with Crippen LogP contribution in [0.4, 0.5) is 14.5 Å². The standard InChI is InChI=1S/C20H30F2N4O2/c1-23-20(24-8-3-10-27-13-15-7-11-28-14-15)25-16-6-9-26(12-16)19-17(21)4-2-5-18(19)22/h2,4-5,15-16H,3,6-14H2,1H3,(H2,23,24,25). The Morgan fingerprint density at radius 1 is 1.32 bits per heavy atom. The minimum Gasteiger partial charge on any atom is -0.381 e. The number of aliphatic imine (C=N–C) groups is 1. The first-order valence-corrected chi connectivity index (χ1v) is 9.99. The number of benzene rings is 1. The van der Waals surface area contributed by atoms with Crippen LogP contribution in [0.5, 0.6) is 0 Å². The molecule has 0 bridgehead atoms. The Balaban J connectivity index is 1.34. The van der Waals surface area contributed by atoms with Gasteiger partial charge in [-0.25, -0.2) is 8.78 Å². The van der Waals surface area contributed by atoms with Gasteiger partial charge in [0, 0.05) is 51.9 Å². The zero-order chi connectivity index (χ0) is 19.8. The Morgan fingerprint density at radius 2 is 2.14 bits per heavy atom. The molecule has 0 spiro atoms. The van der Waals surface area contributed by atoms with Gasteiger partial charge < -0.3 is 25.0 Å². The van der Waals surface area contributed by atoms with Crippen molar-refractivity contribution in [3.63, 3.8) is 0 Å². The van der Waals surface area contributed by atoms with Crippen molar-refractivity contribution in [2.75, 3.05) is 58.0 Å². The van der Waals surface area contributed by atoms with Crippen molar-refractivity contribution in [3.05, 3.63) is 29.8 Å². The molecule has 156 valence electrons. The monoisotopic (exact) mass is 396 g/mol. The number of guanidine groups is 1. The number of hydrogen-bond acceptors (Lipinski definition) is 4. The van der Waals surface area contributed by atoms with E-state index in [-0.39, 0.29) is 11.7 Å². The molecule has 0 aliphatic carbocycles. The summed E-state index contributed by atoms with van der Waals surface area (Å²) in [6.07, 6.45) is 2.76. The average molecular weight is 396 g/mol. The van der Waals surface area contributed by atoms with Gasteiger partial charge in [-0.1, -0.05) is 6.07 Å². The molecule has 2 unspecified atom stereocenters. The van der Waals surface area contributed by atoms with Crippen LogP contribution in [0.3, 0.4) is 0 Å². The van der Waals surface area contributed by atoms with Crippen molar-refractivity contribution < 1.29 is 18.3 Å². The molecule has 2 aliphatic heterocycles. The zero-order valence-electron chi connectivity index (χ0n) is 16.4. The summed E-state index contributed by atoms with van der Waals surface area (Å²) >= 11 is 0. The fourth-order valence-electron chi connectivity index (χ4n) is 3.61. The molecule has 2 N–H and O–H groups in total. The summed E-state index contributed by atoms with van der Waals surface area (Å²) in [5, 5.41) is 6.60. The van der Waals surface area contributed by atoms with Crippen LogP contribution in [-0.4, -0.2) is 65.1 Å². The molecule has 3 rings (SSSR count). The fraction of sp³-hybridized carbons (Fsp3) is 0.650. The number of hydrogen-bond donors (Lipinski definition) is 2. The molecule has 2 atom stereocenters. The van der Waals surface area contributed by atoms with Gasteiger partial charge in [-0.3, -0.25) is 4.99 Å². The van der Waals surface area contributed by atoms with E-state index in [1.807, 2.05) is 0 Å². The molecule has 2 fully saturated rings. The Kier molecular flexibility index (Phi) is 7.85. The first kappa shape index (κ1) is 20.8. The Hall–Kier alpha value is -1.93. The third kappa shape index (κ3) is 5.78. The second-order valence-corrected chi connectivity index (χ2v) is 7.30. The second kappa shape index (κ2) is 10.6. The van der Waals surface area contributed by atoms with E-state index in [4.69, 9.17) is 9.47 Å².